The first-order valence-electron chi connectivity index (χ1n) is 7.03. The molecule has 0 unspecified atom stereocenters. The lowest BCUT2D eigenvalue weighted by atomic mass is 9.97. The van der Waals surface area contributed by atoms with E-state index in [1.54, 1.807) is 24.3 Å². The molecule has 4 atom stereocenters. The first-order chi connectivity index (χ1) is 9.66. The van der Waals surface area contributed by atoms with Gasteiger partial charge in [-0.15, -0.1) is 0 Å². The minimum atomic E-state index is -0.821. The van der Waals surface area contributed by atoms with Crippen molar-refractivity contribution in [3.63, 3.8) is 0 Å². The van der Waals surface area contributed by atoms with E-state index in [4.69, 9.17) is 4.74 Å². The molecule has 2 heterocycles. The van der Waals surface area contributed by atoms with Gasteiger partial charge < -0.3 is 14.9 Å². The number of nitrogens with zero attached hydrogens (tertiary/aromatic N) is 1. The van der Waals surface area contributed by atoms with Crippen molar-refractivity contribution >= 4 is 5.97 Å². The summed E-state index contributed by atoms with van der Waals surface area (Å²) in [5.74, 6) is -0.427. The number of aliphatic hydroxyl groups excluding tert-OH is 2. The summed E-state index contributed by atoms with van der Waals surface area (Å²) in [5.41, 5.74) is 0.477. The van der Waals surface area contributed by atoms with Crippen LogP contribution in [0.2, 0.25) is 0 Å². The molecule has 0 saturated carbocycles. The monoisotopic (exact) mass is 277 g/mol. The van der Waals surface area contributed by atoms with Crippen LogP contribution in [0.4, 0.5) is 0 Å². The normalized spacial score (nSPS) is 33.7. The largest absolute Gasteiger partial charge is 0.455 e. The number of fused-ring (bicyclic) bond motifs is 1. The lowest BCUT2D eigenvalue weighted by Gasteiger charge is -2.34. The molecule has 0 spiro atoms. The molecule has 3 rings (SSSR count). The Morgan fingerprint density at radius 2 is 2.00 bits per heavy atom. The quantitative estimate of drug-likeness (QED) is 0.766. The Morgan fingerprint density at radius 1 is 1.25 bits per heavy atom. The van der Waals surface area contributed by atoms with Crippen molar-refractivity contribution in [3.05, 3.63) is 35.9 Å². The maximum absolute atomic E-state index is 12.0. The summed E-state index contributed by atoms with van der Waals surface area (Å²) in [6.07, 6.45) is -0.334. The van der Waals surface area contributed by atoms with Gasteiger partial charge in [-0.2, -0.15) is 0 Å². The first-order valence-corrected chi connectivity index (χ1v) is 7.03. The molecule has 2 N–H and O–H groups in total. The highest BCUT2D eigenvalue weighted by molar-refractivity contribution is 5.89. The van der Waals surface area contributed by atoms with Crippen LogP contribution in [0.1, 0.15) is 23.2 Å². The number of carbonyl (C=O) groups excluding carboxylic acids is 1. The van der Waals surface area contributed by atoms with Gasteiger partial charge in [0.1, 0.15) is 12.2 Å². The number of benzene rings is 1. The molecule has 0 aromatic heterocycles. The zero-order chi connectivity index (χ0) is 14.1. The second-order valence-electron chi connectivity index (χ2n) is 5.50. The summed E-state index contributed by atoms with van der Waals surface area (Å²) in [7, 11) is 0. The van der Waals surface area contributed by atoms with Crippen molar-refractivity contribution in [2.45, 2.75) is 37.2 Å². The second kappa shape index (κ2) is 5.52. The van der Waals surface area contributed by atoms with Crippen LogP contribution in [0.15, 0.2) is 30.3 Å². The number of hydrogen-bond acceptors (Lipinski definition) is 5. The molecule has 0 aliphatic carbocycles. The van der Waals surface area contributed by atoms with Crippen LogP contribution in [0.25, 0.3) is 0 Å². The van der Waals surface area contributed by atoms with Gasteiger partial charge in [0.25, 0.3) is 0 Å². The van der Waals surface area contributed by atoms with Crippen LogP contribution in [-0.4, -0.2) is 58.5 Å². The van der Waals surface area contributed by atoms with Crippen LogP contribution in [0, 0.1) is 0 Å². The summed E-state index contributed by atoms with van der Waals surface area (Å²) >= 11 is 0. The van der Waals surface area contributed by atoms with Crippen LogP contribution >= 0.6 is 0 Å². The molecule has 5 heteroatoms. The third-order valence-corrected chi connectivity index (χ3v) is 4.17. The summed E-state index contributed by atoms with van der Waals surface area (Å²) in [6.45, 7) is 1.32. The second-order valence-corrected chi connectivity index (χ2v) is 5.50. The summed E-state index contributed by atoms with van der Waals surface area (Å²) in [4.78, 5) is 14.0. The highest BCUT2D eigenvalue weighted by Gasteiger charge is 2.47. The van der Waals surface area contributed by atoms with E-state index < -0.39 is 24.3 Å². The van der Waals surface area contributed by atoms with E-state index in [-0.39, 0.29) is 6.04 Å². The Labute approximate surface area is 117 Å². The van der Waals surface area contributed by atoms with Gasteiger partial charge in [-0.3, -0.25) is 4.90 Å². The third-order valence-electron chi connectivity index (χ3n) is 4.17. The predicted molar refractivity (Wildman–Crippen MR) is 72.3 cm³/mol. The number of esters is 1. The Hall–Kier alpha value is -1.43. The fourth-order valence-electron chi connectivity index (χ4n) is 3.17. The zero-order valence-electron chi connectivity index (χ0n) is 11.2. The fraction of sp³-hybridized carbons (Fsp3) is 0.533. The van der Waals surface area contributed by atoms with Gasteiger partial charge in [0, 0.05) is 6.54 Å². The number of rotatable bonds is 2. The predicted octanol–water partition coefficient (Wildman–Crippen LogP) is 0.412. The SMILES string of the molecule is O=C(O[C@@H]1CN2CCC[C@@H](O)[C@@H]2[C@@H]1O)c1ccccc1. The van der Waals surface area contributed by atoms with Crippen molar-refractivity contribution in [3.8, 4) is 0 Å². The van der Waals surface area contributed by atoms with E-state index in [1.807, 2.05) is 11.0 Å². The van der Waals surface area contributed by atoms with Crippen LogP contribution in [0.3, 0.4) is 0 Å². The highest BCUT2D eigenvalue weighted by atomic mass is 16.6. The van der Waals surface area contributed by atoms with Gasteiger partial charge in [0.2, 0.25) is 0 Å². The van der Waals surface area contributed by atoms with E-state index in [0.717, 1.165) is 13.0 Å². The summed E-state index contributed by atoms with van der Waals surface area (Å²) < 4.78 is 5.41. The summed E-state index contributed by atoms with van der Waals surface area (Å²) in [6, 6.07) is 8.44. The molecular formula is C15H19NO4. The minimum absolute atomic E-state index is 0.308. The lowest BCUT2D eigenvalue weighted by molar-refractivity contribution is -0.0364. The van der Waals surface area contributed by atoms with Gasteiger partial charge in [-0.1, -0.05) is 18.2 Å². The van der Waals surface area contributed by atoms with E-state index in [9.17, 15) is 15.0 Å². The van der Waals surface area contributed by atoms with Crippen LogP contribution in [-0.2, 0) is 4.74 Å². The number of carbonyl (C=O) groups is 1. The topological polar surface area (TPSA) is 70.0 Å². The van der Waals surface area contributed by atoms with Gasteiger partial charge >= 0.3 is 5.97 Å². The van der Waals surface area contributed by atoms with Gasteiger partial charge in [0.15, 0.2) is 0 Å². The third kappa shape index (κ3) is 2.44. The lowest BCUT2D eigenvalue weighted by Crippen LogP contribution is -2.49. The average molecular weight is 277 g/mol. The molecule has 2 aliphatic rings. The van der Waals surface area contributed by atoms with Crippen molar-refractivity contribution in [1.29, 1.82) is 0 Å². The van der Waals surface area contributed by atoms with E-state index in [0.29, 0.717) is 18.5 Å². The van der Waals surface area contributed by atoms with Gasteiger partial charge in [0.05, 0.1) is 17.7 Å². The maximum atomic E-state index is 12.0. The van der Waals surface area contributed by atoms with Crippen LogP contribution < -0.4 is 0 Å². The number of ether oxygens (including phenoxy) is 1. The molecule has 0 radical (unpaired) electrons. The number of piperidine rings is 1. The average Bonchev–Trinajstić information content (AvgIpc) is 2.78. The first kappa shape index (κ1) is 13.5. The Morgan fingerprint density at radius 3 is 2.70 bits per heavy atom. The van der Waals surface area contributed by atoms with Gasteiger partial charge in [-0.05, 0) is 31.5 Å². The smallest absolute Gasteiger partial charge is 0.338 e. The molecular weight excluding hydrogens is 258 g/mol. The summed E-state index contributed by atoms with van der Waals surface area (Å²) in [5, 5.41) is 20.2. The van der Waals surface area contributed by atoms with E-state index >= 15 is 0 Å². The minimum Gasteiger partial charge on any atom is -0.455 e. The van der Waals surface area contributed by atoms with Crippen molar-refractivity contribution in [2.75, 3.05) is 13.1 Å². The molecule has 2 saturated heterocycles. The molecule has 1 aromatic rings. The Balaban J connectivity index is 1.68. The Bertz CT molecular complexity index is 478. The van der Waals surface area contributed by atoms with Crippen LogP contribution in [0.5, 0.6) is 0 Å². The van der Waals surface area contributed by atoms with Crippen molar-refractivity contribution < 1.29 is 19.7 Å². The molecule has 2 fully saturated rings. The highest BCUT2D eigenvalue weighted by Crippen LogP contribution is 2.29. The van der Waals surface area contributed by atoms with Crippen molar-refractivity contribution in [2.24, 2.45) is 0 Å². The van der Waals surface area contributed by atoms with E-state index in [2.05, 4.69) is 0 Å². The van der Waals surface area contributed by atoms with E-state index in [1.165, 1.54) is 0 Å². The standard InChI is InChI=1S/C15H19NO4/c17-11-7-4-8-16-9-12(14(18)13(11)16)20-15(19)10-5-2-1-3-6-10/h1-3,5-6,11-14,17-18H,4,7-9H2/t11-,12-,13-,14-/m1/s1. The van der Waals surface area contributed by atoms with Gasteiger partial charge in [-0.25, -0.2) is 4.79 Å². The van der Waals surface area contributed by atoms with Crippen molar-refractivity contribution in [1.82, 2.24) is 4.90 Å². The molecule has 0 bridgehead atoms. The number of hydrogen-bond donors (Lipinski definition) is 2. The zero-order valence-corrected chi connectivity index (χ0v) is 11.2. The maximum Gasteiger partial charge on any atom is 0.338 e. The number of aliphatic hydroxyl groups is 2. The molecule has 1 aromatic carbocycles. The molecule has 20 heavy (non-hydrogen) atoms. The molecule has 108 valence electrons. The molecule has 5 nitrogen and oxygen atoms in total. The Kier molecular flexibility index (Phi) is 3.74. The fourth-order valence-corrected chi connectivity index (χ4v) is 3.17. The molecule has 2 aliphatic heterocycles. The molecule has 0 amide bonds.